The Hall–Kier alpha value is -3.07. The Morgan fingerprint density at radius 3 is 2.88 bits per heavy atom. The summed E-state index contributed by atoms with van der Waals surface area (Å²) < 4.78 is 10.1. The molecule has 9 nitrogen and oxygen atoms in total. The first-order valence-electron chi connectivity index (χ1n) is 11.1. The van der Waals surface area contributed by atoms with E-state index in [2.05, 4.69) is 39.3 Å². The summed E-state index contributed by atoms with van der Waals surface area (Å²) in [7, 11) is 2.13. The molecular weight excluding hydrogens is 406 g/mol. The first-order valence-corrected chi connectivity index (χ1v) is 11.1. The number of hydrogen-bond donors (Lipinski definition) is 0. The van der Waals surface area contributed by atoms with Crippen LogP contribution in [0.5, 0.6) is 6.01 Å². The zero-order chi connectivity index (χ0) is 22.7. The average Bonchev–Trinajstić information content (AvgIpc) is 3.45. The molecule has 32 heavy (non-hydrogen) atoms. The van der Waals surface area contributed by atoms with Crippen molar-refractivity contribution in [1.29, 1.82) is 0 Å². The molecule has 0 aromatic carbocycles. The van der Waals surface area contributed by atoms with Gasteiger partial charge < -0.3 is 19.1 Å². The van der Waals surface area contributed by atoms with E-state index in [4.69, 9.17) is 9.72 Å². The summed E-state index contributed by atoms with van der Waals surface area (Å²) in [5.74, 6) is 0.750. The number of imidazole rings is 1. The van der Waals surface area contributed by atoms with Crippen LogP contribution in [-0.2, 0) is 11.3 Å². The van der Waals surface area contributed by atoms with Crippen LogP contribution in [0.1, 0.15) is 24.1 Å². The molecule has 1 saturated heterocycles. The number of amides is 1. The molecule has 1 fully saturated rings. The number of likely N-dealkylation sites (N-methyl/N-ethyl adjacent to an activating group) is 1. The predicted molar refractivity (Wildman–Crippen MR) is 121 cm³/mol. The molecular formula is C23H32N7O2+. The number of carbonyl (C=O) groups is 1. The van der Waals surface area contributed by atoms with Gasteiger partial charge in [0.15, 0.2) is 0 Å². The van der Waals surface area contributed by atoms with Crippen molar-refractivity contribution in [3.63, 3.8) is 0 Å². The molecule has 0 aliphatic carbocycles. The summed E-state index contributed by atoms with van der Waals surface area (Å²) in [6, 6.07) is 0.672. The smallest absolute Gasteiger partial charge is 0.434 e. The van der Waals surface area contributed by atoms with Crippen LogP contribution in [-0.4, -0.2) is 91.4 Å². The van der Waals surface area contributed by atoms with Gasteiger partial charge in [-0.2, -0.15) is 4.98 Å². The van der Waals surface area contributed by atoms with E-state index < -0.39 is 0 Å². The Balaban J connectivity index is 1.60. The van der Waals surface area contributed by atoms with Crippen LogP contribution in [0, 0.1) is 13.8 Å². The summed E-state index contributed by atoms with van der Waals surface area (Å²) in [5.41, 5.74) is 1.91. The van der Waals surface area contributed by atoms with Crippen molar-refractivity contribution in [2.45, 2.75) is 45.3 Å². The van der Waals surface area contributed by atoms with Gasteiger partial charge in [-0.25, -0.2) is 9.56 Å². The quantitative estimate of drug-likeness (QED) is 0.482. The molecule has 4 rings (SSSR count). The molecule has 0 radical (unpaired) electrons. The molecule has 9 heteroatoms. The van der Waals surface area contributed by atoms with Crippen molar-refractivity contribution < 1.29 is 14.1 Å². The van der Waals surface area contributed by atoms with Crippen LogP contribution in [0.15, 0.2) is 31.4 Å². The van der Waals surface area contributed by atoms with Gasteiger partial charge in [0, 0.05) is 23.4 Å². The minimum absolute atomic E-state index is 0.0775. The number of carbonyl (C=O) groups excluding carboxylic acids is 1. The van der Waals surface area contributed by atoms with E-state index in [9.17, 15) is 4.79 Å². The van der Waals surface area contributed by atoms with Gasteiger partial charge in [0.05, 0.1) is 36.9 Å². The molecule has 2 atom stereocenters. The normalized spacial score (nSPS) is 21.5. The van der Waals surface area contributed by atoms with E-state index in [1.807, 2.05) is 29.5 Å². The van der Waals surface area contributed by atoms with Crippen molar-refractivity contribution >= 4 is 17.9 Å². The standard InChI is InChI=1S/C23H32N7O2/c1-5-21(31)30-12-11-29(14-20(30)13-28-10-8-24-16-28)22-17(2)18(3)25-23(26-22)32-15-19-7-6-9-27(19)4/h5,8,10,14,16,19-20H,1,6-7,9,11-13,15H2,2-4H3/q+1/t19-,20-/m0/s1. The number of ether oxygens (including phenoxy) is 1. The Morgan fingerprint density at radius 1 is 1.34 bits per heavy atom. The lowest BCUT2D eigenvalue weighted by molar-refractivity contribution is -0.449. The fraction of sp³-hybridized carbons (Fsp3) is 0.522. The molecule has 2 aliphatic heterocycles. The van der Waals surface area contributed by atoms with Crippen LogP contribution in [0.3, 0.4) is 0 Å². The second-order valence-electron chi connectivity index (χ2n) is 8.53. The molecule has 2 aliphatic rings. The summed E-state index contributed by atoms with van der Waals surface area (Å²) in [6.45, 7) is 11.2. The van der Waals surface area contributed by atoms with Crippen molar-refractivity contribution in [1.82, 2.24) is 29.3 Å². The van der Waals surface area contributed by atoms with Gasteiger partial charge in [-0.3, -0.25) is 4.79 Å². The third kappa shape index (κ3) is 4.72. The van der Waals surface area contributed by atoms with E-state index in [0.29, 0.717) is 38.3 Å². The highest BCUT2D eigenvalue weighted by atomic mass is 16.5. The van der Waals surface area contributed by atoms with Gasteiger partial charge in [0.25, 0.3) is 0 Å². The number of likely N-dealkylation sites (tertiary alicyclic amines) is 1. The lowest BCUT2D eigenvalue weighted by Gasteiger charge is -2.32. The number of aryl methyl sites for hydroxylation is 1. The molecule has 1 amide bonds. The van der Waals surface area contributed by atoms with E-state index in [-0.39, 0.29) is 11.9 Å². The zero-order valence-corrected chi connectivity index (χ0v) is 19.1. The van der Waals surface area contributed by atoms with E-state index in [1.165, 1.54) is 12.5 Å². The Bertz CT molecular complexity index is 1000. The van der Waals surface area contributed by atoms with E-state index in [0.717, 1.165) is 30.0 Å². The number of hydrogen-bond acceptors (Lipinski definition) is 6. The summed E-state index contributed by atoms with van der Waals surface area (Å²) in [5, 5.41) is 0. The summed E-state index contributed by atoms with van der Waals surface area (Å²) >= 11 is 0. The number of rotatable bonds is 7. The first kappa shape index (κ1) is 22.1. The van der Waals surface area contributed by atoms with Crippen molar-refractivity contribution in [2.75, 3.05) is 33.3 Å². The molecule has 0 spiro atoms. The lowest BCUT2D eigenvalue weighted by atomic mass is 10.1. The maximum Gasteiger partial charge on any atom is 0.434 e. The van der Waals surface area contributed by atoms with Crippen LogP contribution in [0.2, 0.25) is 0 Å². The number of nitrogens with zero attached hydrogens (tertiary/aromatic N) is 7. The van der Waals surface area contributed by atoms with Gasteiger partial charge in [0.2, 0.25) is 5.91 Å². The Kier molecular flexibility index (Phi) is 6.64. The molecule has 0 N–H and O–H groups in total. The Morgan fingerprint density at radius 2 is 2.19 bits per heavy atom. The molecule has 0 bridgehead atoms. The largest absolute Gasteiger partial charge is 0.443 e. The van der Waals surface area contributed by atoms with Crippen LogP contribution in [0.25, 0.3) is 0 Å². The topological polar surface area (TPSA) is 79.4 Å². The van der Waals surface area contributed by atoms with Gasteiger partial charge in [-0.15, -0.1) is 0 Å². The second kappa shape index (κ2) is 9.60. The average molecular weight is 439 g/mol. The number of aromatic nitrogens is 4. The second-order valence-corrected chi connectivity index (χ2v) is 8.53. The van der Waals surface area contributed by atoms with Gasteiger partial charge in [0.1, 0.15) is 19.2 Å². The minimum Gasteiger partial charge on any atom is -0.443 e. The molecule has 0 saturated carbocycles. The minimum atomic E-state index is -0.144. The summed E-state index contributed by atoms with van der Waals surface area (Å²) in [6.07, 6.45) is 11.2. The molecule has 4 heterocycles. The zero-order valence-electron chi connectivity index (χ0n) is 19.1. The van der Waals surface area contributed by atoms with Crippen molar-refractivity contribution in [3.8, 4) is 6.01 Å². The van der Waals surface area contributed by atoms with Crippen LogP contribution < -0.4 is 4.74 Å². The third-order valence-corrected chi connectivity index (χ3v) is 6.44. The van der Waals surface area contributed by atoms with Gasteiger partial charge >= 0.3 is 11.8 Å². The van der Waals surface area contributed by atoms with E-state index in [1.54, 1.807) is 12.5 Å². The SMILES string of the molecule is C=CC(=O)N1CC[N+](c2nc(OC[C@@H]3CCCN3C)nc(C)c2C)=C[C@@H]1Cn1ccnc1. The van der Waals surface area contributed by atoms with Crippen LogP contribution in [0.4, 0.5) is 5.82 Å². The third-order valence-electron chi connectivity index (χ3n) is 6.44. The van der Waals surface area contributed by atoms with Crippen molar-refractivity contribution in [3.05, 3.63) is 42.6 Å². The summed E-state index contributed by atoms with van der Waals surface area (Å²) in [4.78, 5) is 30.1. The van der Waals surface area contributed by atoms with E-state index >= 15 is 0 Å². The lowest BCUT2D eigenvalue weighted by Crippen LogP contribution is -2.50. The molecule has 2 aromatic heterocycles. The monoisotopic (exact) mass is 438 g/mol. The maximum absolute atomic E-state index is 12.5. The van der Waals surface area contributed by atoms with Crippen molar-refractivity contribution in [2.24, 2.45) is 0 Å². The first-order chi connectivity index (χ1) is 15.5. The fourth-order valence-electron chi connectivity index (χ4n) is 4.36. The van der Waals surface area contributed by atoms with Gasteiger partial charge in [-0.1, -0.05) is 6.58 Å². The Labute approximate surface area is 189 Å². The maximum atomic E-state index is 12.5. The molecule has 170 valence electrons. The fourth-order valence-corrected chi connectivity index (χ4v) is 4.36. The van der Waals surface area contributed by atoms with Gasteiger partial charge in [-0.05, 0) is 46.4 Å². The highest BCUT2D eigenvalue weighted by Crippen LogP contribution is 2.24. The highest BCUT2D eigenvalue weighted by Gasteiger charge is 2.31. The highest BCUT2D eigenvalue weighted by molar-refractivity contribution is 5.89. The molecule has 0 unspecified atom stereocenters. The predicted octanol–water partition coefficient (Wildman–Crippen LogP) is 1.57. The molecule has 2 aromatic rings. The van der Waals surface area contributed by atoms with Crippen LogP contribution >= 0.6 is 0 Å².